The average molecular weight is 367 g/mol. The van der Waals surface area contributed by atoms with Crippen molar-refractivity contribution in [1.29, 1.82) is 0 Å². The smallest absolute Gasteiger partial charge is 0.251 e. The van der Waals surface area contributed by atoms with Gasteiger partial charge in [-0.3, -0.25) is 4.79 Å². The fourth-order valence-corrected chi connectivity index (χ4v) is 3.08. The third kappa shape index (κ3) is 4.18. The minimum absolute atomic E-state index is 0.0601. The molecule has 0 aliphatic carbocycles. The van der Waals surface area contributed by atoms with Gasteiger partial charge in [-0.1, -0.05) is 60.7 Å². The highest BCUT2D eigenvalue weighted by Crippen LogP contribution is 2.19. The van der Waals surface area contributed by atoms with Gasteiger partial charge in [0.25, 0.3) is 5.91 Å². The Morgan fingerprint density at radius 3 is 2.18 bits per heavy atom. The highest BCUT2D eigenvalue weighted by Gasteiger charge is 2.06. The van der Waals surface area contributed by atoms with Gasteiger partial charge in [-0.15, -0.1) is 0 Å². The van der Waals surface area contributed by atoms with Gasteiger partial charge < -0.3 is 5.32 Å². The van der Waals surface area contributed by atoms with Crippen molar-refractivity contribution in [3.8, 4) is 16.8 Å². The maximum atomic E-state index is 12.4. The molecule has 0 aliphatic heterocycles. The van der Waals surface area contributed by atoms with E-state index in [0.29, 0.717) is 12.1 Å². The second kappa shape index (κ2) is 8.35. The molecule has 0 aliphatic rings. The Morgan fingerprint density at radius 1 is 0.821 bits per heavy atom. The summed E-state index contributed by atoms with van der Waals surface area (Å²) >= 11 is 0. The van der Waals surface area contributed by atoms with Crippen LogP contribution < -0.4 is 5.32 Å². The summed E-state index contributed by atoms with van der Waals surface area (Å²) in [6.07, 6.45) is 4.57. The molecule has 1 heterocycles. The van der Waals surface area contributed by atoms with E-state index in [2.05, 4.69) is 22.5 Å². The van der Waals surface area contributed by atoms with Crippen LogP contribution in [0.15, 0.2) is 97.3 Å². The van der Waals surface area contributed by atoms with E-state index >= 15 is 0 Å². The van der Waals surface area contributed by atoms with Crippen LogP contribution >= 0.6 is 0 Å². The van der Waals surface area contributed by atoms with E-state index in [4.69, 9.17) is 0 Å². The second-order valence-corrected chi connectivity index (χ2v) is 6.58. The quantitative estimate of drug-likeness (QED) is 0.545. The highest BCUT2D eigenvalue weighted by atomic mass is 16.1. The van der Waals surface area contributed by atoms with Crippen molar-refractivity contribution in [1.82, 2.24) is 15.1 Å². The first-order chi connectivity index (χ1) is 13.8. The van der Waals surface area contributed by atoms with Crippen molar-refractivity contribution < 1.29 is 4.79 Å². The van der Waals surface area contributed by atoms with E-state index in [-0.39, 0.29) is 5.91 Å². The van der Waals surface area contributed by atoms with Crippen LogP contribution in [0.25, 0.3) is 16.8 Å². The molecule has 1 amide bonds. The number of rotatable bonds is 6. The third-order valence-corrected chi connectivity index (χ3v) is 4.61. The number of amides is 1. The SMILES string of the molecule is O=C(NCCc1cnn(-c2ccccc2)c1)c1ccc(-c2ccccc2)cc1. The molecule has 0 fully saturated rings. The molecule has 138 valence electrons. The molecule has 0 bridgehead atoms. The first-order valence-corrected chi connectivity index (χ1v) is 9.32. The van der Waals surface area contributed by atoms with Crippen LogP contribution in [-0.2, 0) is 6.42 Å². The topological polar surface area (TPSA) is 46.9 Å². The molecule has 3 aromatic carbocycles. The lowest BCUT2D eigenvalue weighted by molar-refractivity contribution is 0.0954. The van der Waals surface area contributed by atoms with Gasteiger partial charge in [-0.05, 0) is 47.4 Å². The normalized spacial score (nSPS) is 10.6. The van der Waals surface area contributed by atoms with Crippen molar-refractivity contribution in [2.45, 2.75) is 6.42 Å². The summed E-state index contributed by atoms with van der Waals surface area (Å²) in [7, 11) is 0. The summed E-state index contributed by atoms with van der Waals surface area (Å²) in [5, 5.41) is 7.36. The molecule has 0 radical (unpaired) electrons. The predicted octanol–water partition coefficient (Wildman–Crippen LogP) is 4.51. The number of benzene rings is 3. The second-order valence-electron chi connectivity index (χ2n) is 6.58. The monoisotopic (exact) mass is 367 g/mol. The lowest BCUT2D eigenvalue weighted by Crippen LogP contribution is -2.25. The fourth-order valence-electron chi connectivity index (χ4n) is 3.08. The Labute approximate surface area is 164 Å². The summed E-state index contributed by atoms with van der Waals surface area (Å²) in [5.74, 6) is -0.0601. The molecule has 4 aromatic rings. The van der Waals surface area contributed by atoms with E-state index in [0.717, 1.165) is 28.8 Å². The molecule has 4 nitrogen and oxygen atoms in total. The predicted molar refractivity (Wildman–Crippen MR) is 111 cm³/mol. The number of aromatic nitrogens is 2. The summed E-state index contributed by atoms with van der Waals surface area (Å²) in [4.78, 5) is 12.4. The molecule has 0 saturated heterocycles. The van der Waals surface area contributed by atoms with Gasteiger partial charge in [-0.25, -0.2) is 4.68 Å². The van der Waals surface area contributed by atoms with Gasteiger partial charge in [0.2, 0.25) is 0 Å². The van der Waals surface area contributed by atoms with Crippen molar-refractivity contribution >= 4 is 5.91 Å². The molecular weight excluding hydrogens is 346 g/mol. The third-order valence-electron chi connectivity index (χ3n) is 4.61. The number of nitrogens with one attached hydrogen (secondary N) is 1. The lowest BCUT2D eigenvalue weighted by atomic mass is 10.0. The van der Waals surface area contributed by atoms with Crippen molar-refractivity contribution in [3.05, 3.63) is 108 Å². The van der Waals surface area contributed by atoms with Crippen LogP contribution in [0, 0.1) is 0 Å². The maximum absolute atomic E-state index is 12.4. The number of para-hydroxylation sites is 1. The van der Waals surface area contributed by atoms with Crippen molar-refractivity contribution in [2.24, 2.45) is 0 Å². The summed E-state index contributed by atoms with van der Waals surface area (Å²) in [6, 6.07) is 27.8. The van der Waals surface area contributed by atoms with E-state index in [1.54, 1.807) is 0 Å². The first-order valence-electron chi connectivity index (χ1n) is 9.32. The minimum Gasteiger partial charge on any atom is -0.352 e. The van der Waals surface area contributed by atoms with E-state index in [1.165, 1.54) is 0 Å². The van der Waals surface area contributed by atoms with Crippen LogP contribution in [-0.4, -0.2) is 22.2 Å². The van der Waals surface area contributed by atoms with Crippen LogP contribution in [0.3, 0.4) is 0 Å². The average Bonchev–Trinajstić information content (AvgIpc) is 3.24. The Morgan fingerprint density at radius 2 is 1.46 bits per heavy atom. The molecule has 28 heavy (non-hydrogen) atoms. The molecule has 1 aromatic heterocycles. The largest absolute Gasteiger partial charge is 0.352 e. The Kier molecular flexibility index (Phi) is 5.29. The minimum atomic E-state index is -0.0601. The van der Waals surface area contributed by atoms with Gasteiger partial charge in [0, 0.05) is 18.3 Å². The Bertz CT molecular complexity index is 1040. The molecular formula is C24H21N3O. The first kappa shape index (κ1) is 17.7. The van der Waals surface area contributed by atoms with Crippen molar-refractivity contribution in [2.75, 3.05) is 6.54 Å². The molecule has 1 N–H and O–H groups in total. The molecule has 0 atom stereocenters. The van der Waals surface area contributed by atoms with E-state index in [1.807, 2.05) is 89.9 Å². The van der Waals surface area contributed by atoms with E-state index < -0.39 is 0 Å². The molecule has 0 saturated carbocycles. The van der Waals surface area contributed by atoms with Crippen molar-refractivity contribution in [3.63, 3.8) is 0 Å². The number of carbonyl (C=O) groups is 1. The standard InChI is InChI=1S/C24H21N3O/c28-24(22-13-11-21(12-14-22)20-7-3-1-4-8-20)25-16-15-19-17-26-27(18-19)23-9-5-2-6-10-23/h1-14,17-18H,15-16H2,(H,25,28). The van der Waals surface area contributed by atoms with Crippen LogP contribution in [0.1, 0.15) is 15.9 Å². The molecule has 4 heteroatoms. The van der Waals surface area contributed by atoms with Gasteiger partial charge >= 0.3 is 0 Å². The van der Waals surface area contributed by atoms with Gasteiger partial charge in [0.15, 0.2) is 0 Å². The summed E-state index contributed by atoms with van der Waals surface area (Å²) < 4.78 is 1.85. The summed E-state index contributed by atoms with van der Waals surface area (Å²) in [6.45, 7) is 0.569. The zero-order valence-electron chi connectivity index (χ0n) is 15.5. The summed E-state index contributed by atoms with van der Waals surface area (Å²) in [5.41, 5.74) is 5.02. The number of carbonyl (C=O) groups excluding carboxylic acids is 1. The van der Waals surface area contributed by atoms with Crippen LogP contribution in [0.4, 0.5) is 0 Å². The maximum Gasteiger partial charge on any atom is 0.251 e. The fraction of sp³-hybridized carbons (Fsp3) is 0.0833. The van der Waals surface area contributed by atoms with Gasteiger partial charge in [-0.2, -0.15) is 5.10 Å². The number of nitrogens with zero attached hydrogens (tertiary/aromatic N) is 2. The number of hydrogen-bond acceptors (Lipinski definition) is 2. The lowest BCUT2D eigenvalue weighted by Gasteiger charge is -2.06. The Hall–Kier alpha value is -3.66. The molecule has 4 rings (SSSR count). The van der Waals surface area contributed by atoms with Gasteiger partial charge in [0.05, 0.1) is 11.9 Å². The molecule has 0 unspecified atom stereocenters. The highest BCUT2D eigenvalue weighted by molar-refractivity contribution is 5.94. The Balaban J connectivity index is 1.32. The van der Waals surface area contributed by atoms with Gasteiger partial charge in [0.1, 0.15) is 0 Å². The van der Waals surface area contributed by atoms with E-state index in [9.17, 15) is 4.79 Å². The molecule has 0 spiro atoms. The number of hydrogen-bond donors (Lipinski definition) is 1. The van der Waals surface area contributed by atoms with Crippen LogP contribution in [0.5, 0.6) is 0 Å². The van der Waals surface area contributed by atoms with Crippen LogP contribution in [0.2, 0.25) is 0 Å². The zero-order chi connectivity index (χ0) is 19.2. The zero-order valence-corrected chi connectivity index (χ0v) is 15.5.